The predicted octanol–water partition coefficient (Wildman–Crippen LogP) is 0.980. The molecule has 86 valence electrons. The van der Waals surface area contributed by atoms with Crippen molar-refractivity contribution in [3.63, 3.8) is 0 Å². The zero-order valence-corrected chi connectivity index (χ0v) is 8.54. The van der Waals surface area contributed by atoms with E-state index in [0.29, 0.717) is 11.4 Å². The summed E-state index contributed by atoms with van der Waals surface area (Å²) in [6.45, 7) is -0.146. The summed E-state index contributed by atoms with van der Waals surface area (Å²) in [6.07, 6.45) is 0. The van der Waals surface area contributed by atoms with Gasteiger partial charge in [-0.25, -0.2) is 4.99 Å². The number of rotatable bonds is 1. The molecule has 1 aromatic carbocycles. The Bertz CT molecular complexity index is 563. The summed E-state index contributed by atoms with van der Waals surface area (Å²) in [5.41, 5.74) is 0.603. The minimum Gasteiger partial charge on any atom is -0.480 e. The molecule has 3 aliphatic rings. The number of carboxylic acid groups (broad SMARTS) is 1. The van der Waals surface area contributed by atoms with Crippen LogP contribution in [-0.2, 0) is 9.53 Å². The second-order valence-electron chi connectivity index (χ2n) is 3.64. The Kier molecular flexibility index (Phi) is 1.91. The van der Waals surface area contributed by atoms with Crippen LogP contribution in [0.15, 0.2) is 23.2 Å². The van der Waals surface area contributed by atoms with E-state index in [4.69, 9.17) is 14.6 Å². The van der Waals surface area contributed by atoms with Crippen molar-refractivity contribution >= 4 is 23.3 Å². The number of carboxylic acids is 1. The fourth-order valence-electron chi connectivity index (χ4n) is 1.91. The van der Waals surface area contributed by atoms with Gasteiger partial charge in [0.1, 0.15) is 5.75 Å². The van der Waals surface area contributed by atoms with Gasteiger partial charge in [0.2, 0.25) is 12.7 Å². The lowest BCUT2D eigenvalue weighted by Gasteiger charge is -2.25. The van der Waals surface area contributed by atoms with Gasteiger partial charge in [-0.2, -0.15) is 0 Å². The molecular weight excluding hydrogens is 226 g/mol. The van der Waals surface area contributed by atoms with E-state index < -0.39 is 17.7 Å². The predicted molar refractivity (Wildman–Crippen MR) is 55.6 cm³/mol. The Morgan fingerprint density at radius 3 is 3.00 bits per heavy atom. The number of fused-ring (bicyclic) bond motifs is 3. The van der Waals surface area contributed by atoms with Gasteiger partial charge in [0, 0.05) is 0 Å². The van der Waals surface area contributed by atoms with Crippen LogP contribution < -0.4 is 4.74 Å². The number of hydrogen-bond acceptors (Lipinski definition) is 5. The smallest absolute Gasteiger partial charge is 0.324 e. The SMILES string of the molecule is O=C(O)C1C(=O)c2c3cccc2OCOC1=N3. The first-order chi connectivity index (χ1) is 8.18. The van der Waals surface area contributed by atoms with Gasteiger partial charge in [-0.15, -0.1) is 0 Å². The molecule has 17 heavy (non-hydrogen) atoms. The maximum absolute atomic E-state index is 12.1. The molecular formula is C11H7NO5. The number of Topliss-reactive ketones (excluding diaryl/α,β-unsaturated/α-hetero) is 1. The van der Waals surface area contributed by atoms with E-state index in [1.54, 1.807) is 18.2 Å². The first kappa shape index (κ1) is 9.83. The molecule has 0 aliphatic carbocycles. The van der Waals surface area contributed by atoms with E-state index in [1.165, 1.54) is 0 Å². The molecule has 1 N–H and O–H groups in total. The Morgan fingerprint density at radius 2 is 2.24 bits per heavy atom. The van der Waals surface area contributed by atoms with E-state index in [-0.39, 0.29) is 18.3 Å². The highest BCUT2D eigenvalue weighted by atomic mass is 16.7. The zero-order chi connectivity index (χ0) is 12.0. The molecule has 0 saturated carbocycles. The van der Waals surface area contributed by atoms with Gasteiger partial charge in [0.15, 0.2) is 11.7 Å². The van der Waals surface area contributed by atoms with E-state index in [2.05, 4.69) is 4.99 Å². The lowest BCUT2D eigenvalue weighted by atomic mass is 9.92. The monoisotopic (exact) mass is 233 g/mol. The summed E-state index contributed by atoms with van der Waals surface area (Å²) in [5, 5.41) is 9.03. The van der Waals surface area contributed by atoms with Crippen LogP contribution in [0.2, 0.25) is 0 Å². The number of ketones is 1. The molecule has 1 unspecified atom stereocenters. The number of hydrogen-bond donors (Lipinski definition) is 1. The maximum Gasteiger partial charge on any atom is 0.324 e. The minimum atomic E-state index is -1.37. The fraction of sp³-hybridized carbons (Fsp3) is 0.182. The molecule has 0 spiro atoms. The van der Waals surface area contributed by atoms with Gasteiger partial charge in [-0.1, -0.05) is 6.07 Å². The van der Waals surface area contributed by atoms with Crippen LogP contribution in [0.25, 0.3) is 0 Å². The van der Waals surface area contributed by atoms with Gasteiger partial charge in [0.25, 0.3) is 0 Å². The van der Waals surface area contributed by atoms with E-state index in [0.717, 1.165) is 0 Å². The maximum atomic E-state index is 12.1. The molecule has 0 radical (unpaired) electrons. The molecule has 3 heterocycles. The Hall–Kier alpha value is -2.37. The summed E-state index contributed by atoms with van der Waals surface area (Å²) in [5.74, 6) is -3.00. The van der Waals surface area contributed by atoms with Gasteiger partial charge in [-0.3, -0.25) is 9.59 Å². The lowest BCUT2D eigenvalue weighted by Crippen LogP contribution is -2.38. The Balaban J connectivity index is 2.28. The summed E-state index contributed by atoms with van der Waals surface area (Å²) in [4.78, 5) is 27.2. The normalized spacial score (nSPS) is 20.8. The molecule has 4 bridgehead atoms. The van der Waals surface area contributed by atoms with E-state index >= 15 is 0 Å². The number of carbonyl (C=O) groups excluding carboxylic acids is 1. The molecule has 1 aromatic rings. The summed E-state index contributed by atoms with van der Waals surface area (Å²) in [6, 6.07) is 4.90. The van der Waals surface area contributed by atoms with Gasteiger partial charge in [-0.05, 0) is 12.1 Å². The highest BCUT2D eigenvalue weighted by Gasteiger charge is 2.41. The van der Waals surface area contributed by atoms with Gasteiger partial charge < -0.3 is 14.6 Å². The van der Waals surface area contributed by atoms with Crippen molar-refractivity contribution in [3.05, 3.63) is 23.8 Å². The number of aliphatic carboxylic acids is 1. The second-order valence-corrected chi connectivity index (χ2v) is 3.64. The molecule has 0 fully saturated rings. The summed E-state index contributed by atoms with van der Waals surface area (Å²) < 4.78 is 10.3. The standard InChI is InChI=1S/C11H7NO5/c13-9-7-5-2-1-3-6(7)16-4-17-10(12-5)8(9)11(14)15/h1-3,8H,4H2,(H,14,15). The van der Waals surface area contributed by atoms with Crippen molar-refractivity contribution in [2.45, 2.75) is 0 Å². The van der Waals surface area contributed by atoms with Crippen molar-refractivity contribution in [1.82, 2.24) is 0 Å². The Labute approximate surface area is 95.5 Å². The van der Waals surface area contributed by atoms with Crippen LogP contribution in [0, 0.1) is 5.92 Å². The average molecular weight is 233 g/mol. The van der Waals surface area contributed by atoms with Gasteiger partial charge in [0.05, 0.1) is 11.3 Å². The summed E-state index contributed by atoms with van der Waals surface area (Å²) in [7, 11) is 0. The number of benzene rings is 1. The molecule has 0 saturated heterocycles. The average Bonchev–Trinajstić information content (AvgIpc) is 2.26. The highest BCUT2D eigenvalue weighted by Crippen LogP contribution is 2.37. The van der Waals surface area contributed by atoms with Crippen molar-refractivity contribution in [2.24, 2.45) is 10.9 Å². The minimum absolute atomic E-state index is 0.119. The lowest BCUT2D eigenvalue weighted by molar-refractivity contribution is -0.138. The van der Waals surface area contributed by atoms with Crippen molar-refractivity contribution in [1.29, 1.82) is 0 Å². The Morgan fingerprint density at radius 1 is 1.41 bits per heavy atom. The van der Waals surface area contributed by atoms with Crippen molar-refractivity contribution < 1.29 is 24.2 Å². The molecule has 4 rings (SSSR count). The van der Waals surface area contributed by atoms with Crippen molar-refractivity contribution in [2.75, 3.05) is 6.79 Å². The van der Waals surface area contributed by atoms with Crippen LogP contribution >= 0.6 is 0 Å². The zero-order valence-electron chi connectivity index (χ0n) is 8.54. The van der Waals surface area contributed by atoms with Crippen LogP contribution in [0.3, 0.4) is 0 Å². The molecule has 6 nitrogen and oxygen atoms in total. The largest absolute Gasteiger partial charge is 0.480 e. The first-order valence-electron chi connectivity index (χ1n) is 4.92. The molecule has 3 aliphatic heterocycles. The summed E-state index contributed by atoms with van der Waals surface area (Å²) >= 11 is 0. The quantitative estimate of drug-likeness (QED) is 0.731. The molecule has 6 heteroatoms. The van der Waals surface area contributed by atoms with Gasteiger partial charge >= 0.3 is 5.97 Å². The highest BCUT2D eigenvalue weighted by molar-refractivity contribution is 6.26. The fourth-order valence-corrected chi connectivity index (χ4v) is 1.91. The molecule has 0 amide bonds. The van der Waals surface area contributed by atoms with Crippen molar-refractivity contribution in [3.8, 4) is 5.75 Å². The third-order valence-corrected chi connectivity index (χ3v) is 2.66. The third-order valence-electron chi connectivity index (χ3n) is 2.66. The number of carbonyl (C=O) groups is 2. The first-order valence-corrected chi connectivity index (χ1v) is 4.92. The number of nitrogens with zero attached hydrogens (tertiary/aromatic N) is 1. The molecule has 0 aromatic heterocycles. The van der Waals surface area contributed by atoms with Crippen LogP contribution in [0.5, 0.6) is 5.75 Å². The van der Waals surface area contributed by atoms with Crippen LogP contribution in [0.1, 0.15) is 10.4 Å². The number of aliphatic imine (C=N–C) groups is 1. The third kappa shape index (κ3) is 1.30. The van der Waals surface area contributed by atoms with Crippen LogP contribution in [0.4, 0.5) is 5.69 Å². The van der Waals surface area contributed by atoms with E-state index in [1.807, 2.05) is 0 Å². The van der Waals surface area contributed by atoms with Crippen LogP contribution in [-0.4, -0.2) is 29.5 Å². The molecule has 1 atom stereocenters. The topological polar surface area (TPSA) is 85.2 Å². The second kappa shape index (κ2) is 3.31. The van der Waals surface area contributed by atoms with E-state index in [9.17, 15) is 9.59 Å². The number of ether oxygens (including phenoxy) is 2.